The summed E-state index contributed by atoms with van der Waals surface area (Å²) in [6.45, 7) is 2.61. The van der Waals surface area contributed by atoms with E-state index < -0.39 is 17.6 Å². The van der Waals surface area contributed by atoms with Gasteiger partial charge in [-0.25, -0.2) is 4.79 Å². The Morgan fingerprint density at radius 1 is 1.25 bits per heavy atom. The molecule has 7 nitrogen and oxygen atoms in total. The summed E-state index contributed by atoms with van der Waals surface area (Å²) in [5, 5.41) is 9.07. The first kappa shape index (κ1) is 18.7. The minimum atomic E-state index is -4.69. The molecule has 2 amide bonds. The fourth-order valence-corrected chi connectivity index (χ4v) is 3.49. The van der Waals surface area contributed by atoms with Gasteiger partial charge in [-0.05, 0) is 56.4 Å². The quantitative estimate of drug-likeness (QED) is 0.820. The van der Waals surface area contributed by atoms with Crippen molar-refractivity contribution in [2.75, 3.05) is 11.9 Å². The molecule has 1 saturated heterocycles. The van der Waals surface area contributed by atoms with Gasteiger partial charge >= 0.3 is 18.1 Å². The maximum atomic E-state index is 12.5. The molecule has 10 heteroatoms. The largest absolute Gasteiger partial charge is 0.471 e. The number of carbonyl (C=O) groups is 1. The van der Waals surface area contributed by atoms with Gasteiger partial charge in [0.1, 0.15) is 0 Å². The van der Waals surface area contributed by atoms with Crippen LogP contribution in [0, 0.1) is 5.92 Å². The van der Waals surface area contributed by atoms with Crippen LogP contribution in [0.5, 0.6) is 0 Å². The third-order valence-corrected chi connectivity index (χ3v) is 5.07. The predicted molar refractivity (Wildman–Crippen MR) is 92.4 cm³/mol. The summed E-state index contributed by atoms with van der Waals surface area (Å²) >= 11 is 0. The van der Waals surface area contributed by atoms with Crippen molar-refractivity contribution in [1.82, 2.24) is 15.5 Å². The van der Waals surface area contributed by atoms with Crippen LogP contribution in [-0.4, -0.2) is 34.4 Å². The second-order valence-electron chi connectivity index (χ2n) is 7.37. The molecule has 1 saturated carbocycles. The molecule has 0 radical (unpaired) electrons. The fourth-order valence-electron chi connectivity index (χ4n) is 3.49. The van der Waals surface area contributed by atoms with Crippen LogP contribution in [0.1, 0.15) is 32.1 Å². The van der Waals surface area contributed by atoms with Gasteiger partial charge in [-0.15, -0.1) is 0 Å². The molecule has 1 aromatic heterocycles. The normalized spacial score (nSPS) is 24.9. The first-order chi connectivity index (χ1) is 13.2. The highest BCUT2D eigenvalue weighted by molar-refractivity contribution is 5.90. The molecule has 2 aliphatic rings. The van der Waals surface area contributed by atoms with Gasteiger partial charge in [0, 0.05) is 17.9 Å². The number of rotatable bonds is 4. The van der Waals surface area contributed by atoms with Gasteiger partial charge in [-0.2, -0.15) is 18.2 Å². The maximum Gasteiger partial charge on any atom is 0.471 e. The summed E-state index contributed by atoms with van der Waals surface area (Å²) in [5.74, 6) is -1.07. The van der Waals surface area contributed by atoms with Gasteiger partial charge in [0.25, 0.3) is 0 Å². The summed E-state index contributed by atoms with van der Waals surface area (Å²) in [6, 6.07) is 5.78. The van der Waals surface area contributed by atoms with E-state index in [4.69, 9.17) is 4.74 Å². The van der Waals surface area contributed by atoms with Crippen LogP contribution in [0.25, 0.3) is 11.4 Å². The number of anilines is 1. The zero-order valence-corrected chi connectivity index (χ0v) is 15.0. The standard InChI is InChI=1S/C18H19F3N4O3/c1-17(8-9-27-13(17)10-2-3-10)24-16(26)22-12-6-4-11(5-7-12)14-23-15(28-25-14)18(19,20)21/h4-7,10,13H,2-3,8-9H2,1H3,(H2,22,24,26). The number of hydrogen-bond acceptors (Lipinski definition) is 5. The fraction of sp³-hybridized carbons (Fsp3) is 0.500. The van der Waals surface area contributed by atoms with Crippen molar-refractivity contribution in [1.29, 1.82) is 0 Å². The van der Waals surface area contributed by atoms with Crippen molar-refractivity contribution in [2.45, 2.75) is 44.0 Å². The molecule has 2 heterocycles. The monoisotopic (exact) mass is 396 g/mol. The summed E-state index contributed by atoms with van der Waals surface area (Å²) in [6.07, 6.45) is -1.67. The average molecular weight is 396 g/mol. The first-order valence-corrected chi connectivity index (χ1v) is 8.97. The van der Waals surface area contributed by atoms with E-state index in [-0.39, 0.29) is 18.0 Å². The van der Waals surface area contributed by atoms with E-state index in [1.807, 2.05) is 6.92 Å². The zero-order chi connectivity index (χ0) is 19.9. The molecule has 2 atom stereocenters. The Labute approximate surface area is 158 Å². The van der Waals surface area contributed by atoms with Gasteiger partial charge in [-0.1, -0.05) is 5.16 Å². The van der Waals surface area contributed by atoms with Crippen LogP contribution in [0.2, 0.25) is 0 Å². The van der Waals surface area contributed by atoms with Crippen LogP contribution in [0.4, 0.5) is 23.7 Å². The van der Waals surface area contributed by atoms with Crippen LogP contribution < -0.4 is 10.6 Å². The lowest BCUT2D eigenvalue weighted by Crippen LogP contribution is -2.53. The van der Waals surface area contributed by atoms with E-state index in [1.165, 1.54) is 12.1 Å². The number of halogens is 3. The zero-order valence-electron chi connectivity index (χ0n) is 15.0. The van der Waals surface area contributed by atoms with Crippen molar-refractivity contribution >= 4 is 11.7 Å². The van der Waals surface area contributed by atoms with Gasteiger partial charge in [0.15, 0.2) is 0 Å². The van der Waals surface area contributed by atoms with E-state index in [0.29, 0.717) is 23.8 Å². The summed E-state index contributed by atoms with van der Waals surface area (Å²) in [5.41, 5.74) is 0.422. The number of nitrogens with zero attached hydrogens (tertiary/aromatic N) is 2. The third kappa shape index (κ3) is 3.82. The Hall–Kier alpha value is -2.62. The van der Waals surface area contributed by atoms with Gasteiger partial charge in [-0.3, -0.25) is 0 Å². The molecular formula is C18H19F3N4O3. The van der Waals surface area contributed by atoms with Gasteiger partial charge in [0.2, 0.25) is 5.82 Å². The number of nitrogens with one attached hydrogen (secondary N) is 2. The van der Waals surface area contributed by atoms with E-state index in [1.54, 1.807) is 12.1 Å². The Bertz CT molecular complexity index is 864. The van der Waals surface area contributed by atoms with Crippen LogP contribution in [0.15, 0.2) is 28.8 Å². The minimum Gasteiger partial charge on any atom is -0.375 e. The molecule has 2 aromatic rings. The topological polar surface area (TPSA) is 89.3 Å². The predicted octanol–water partition coefficient (Wildman–Crippen LogP) is 3.83. The Kier molecular flexibility index (Phi) is 4.53. The Morgan fingerprint density at radius 2 is 1.96 bits per heavy atom. The number of aromatic nitrogens is 2. The maximum absolute atomic E-state index is 12.5. The molecule has 1 aliphatic carbocycles. The lowest BCUT2D eigenvalue weighted by Gasteiger charge is -2.31. The molecule has 150 valence electrons. The Morgan fingerprint density at radius 3 is 2.57 bits per heavy atom. The number of amides is 2. The highest BCUT2D eigenvalue weighted by atomic mass is 19.4. The van der Waals surface area contributed by atoms with Crippen molar-refractivity contribution in [3.05, 3.63) is 30.2 Å². The van der Waals surface area contributed by atoms with Crippen molar-refractivity contribution in [3.63, 3.8) is 0 Å². The summed E-state index contributed by atoms with van der Waals surface area (Å²) < 4.78 is 47.6. The molecule has 4 rings (SSSR count). The van der Waals surface area contributed by atoms with Crippen LogP contribution in [0.3, 0.4) is 0 Å². The number of hydrogen-bond donors (Lipinski definition) is 2. The minimum absolute atomic E-state index is 0.0293. The first-order valence-electron chi connectivity index (χ1n) is 8.97. The van der Waals surface area contributed by atoms with Gasteiger partial charge in [0.05, 0.1) is 11.6 Å². The second kappa shape index (κ2) is 6.77. The molecule has 28 heavy (non-hydrogen) atoms. The molecular weight excluding hydrogens is 377 g/mol. The lowest BCUT2D eigenvalue weighted by molar-refractivity contribution is -0.159. The number of carbonyl (C=O) groups excluding carboxylic acids is 1. The molecule has 2 N–H and O–H groups in total. The number of ether oxygens (including phenoxy) is 1. The number of urea groups is 1. The molecule has 0 bridgehead atoms. The van der Waals surface area contributed by atoms with Gasteiger partial charge < -0.3 is 19.9 Å². The molecule has 1 aromatic carbocycles. The molecule has 1 aliphatic heterocycles. The third-order valence-electron chi connectivity index (χ3n) is 5.07. The highest BCUT2D eigenvalue weighted by Crippen LogP contribution is 2.43. The smallest absolute Gasteiger partial charge is 0.375 e. The summed E-state index contributed by atoms with van der Waals surface area (Å²) in [4.78, 5) is 15.7. The van der Waals surface area contributed by atoms with Crippen molar-refractivity contribution in [3.8, 4) is 11.4 Å². The SMILES string of the molecule is CC1(NC(=O)Nc2ccc(-c3noc(C(F)(F)F)n3)cc2)CCOC1C1CC1. The van der Waals surface area contributed by atoms with E-state index in [0.717, 1.165) is 19.3 Å². The highest BCUT2D eigenvalue weighted by Gasteiger charge is 2.49. The van der Waals surface area contributed by atoms with E-state index in [9.17, 15) is 18.0 Å². The lowest BCUT2D eigenvalue weighted by atomic mass is 9.90. The molecule has 2 fully saturated rings. The second-order valence-corrected chi connectivity index (χ2v) is 7.37. The number of alkyl halides is 3. The van der Waals surface area contributed by atoms with E-state index >= 15 is 0 Å². The molecule has 2 unspecified atom stereocenters. The summed E-state index contributed by atoms with van der Waals surface area (Å²) in [7, 11) is 0. The Balaban J connectivity index is 1.39. The average Bonchev–Trinajstić information content (AvgIpc) is 3.18. The van der Waals surface area contributed by atoms with Crippen molar-refractivity contribution < 1.29 is 27.2 Å². The number of benzene rings is 1. The van der Waals surface area contributed by atoms with Crippen LogP contribution >= 0.6 is 0 Å². The van der Waals surface area contributed by atoms with Crippen molar-refractivity contribution in [2.24, 2.45) is 5.92 Å². The molecule has 0 spiro atoms. The van der Waals surface area contributed by atoms with E-state index in [2.05, 4.69) is 25.3 Å². The van der Waals surface area contributed by atoms with Crippen LogP contribution in [-0.2, 0) is 10.9 Å².